The zero-order valence-electron chi connectivity index (χ0n) is 10.8. The van der Waals surface area contributed by atoms with E-state index in [2.05, 4.69) is 0 Å². The number of fused-ring (bicyclic) bond motifs is 1. The first kappa shape index (κ1) is 12.1. The molecule has 1 saturated carbocycles. The Kier molecular flexibility index (Phi) is 2.27. The number of imide groups is 1. The summed E-state index contributed by atoms with van der Waals surface area (Å²) in [6, 6.07) is 4.28. The molecule has 100 valence electrons. The lowest BCUT2D eigenvalue weighted by Gasteiger charge is -2.20. The summed E-state index contributed by atoms with van der Waals surface area (Å²) in [5.41, 5.74) is 5.87. The summed E-state index contributed by atoms with van der Waals surface area (Å²) in [7, 11) is 0. The van der Waals surface area contributed by atoms with E-state index < -0.39 is 5.82 Å². The van der Waals surface area contributed by atoms with E-state index in [9.17, 15) is 14.0 Å². The first-order valence-corrected chi connectivity index (χ1v) is 6.23. The van der Waals surface area contributed by atoms with Crippen molar-refractivity contribution < 1.29 is 14.0 Å². The van der Waals surface area contributed by atoms with Crippen LogP contribution in [0.1, 0.15) is 19.4 Å². The number of nitrogens with two attached hydrogens (primary N) is 1. The van der Waals surface area contributed by atoms with Crippen molar-refractivity contribution in [2.45, 2.75) is 20.4 Å². The summed E-state index contributed by atoms with van der Waals surface area (Å²) in [6.45, 7) is 3.82. The van der Waals surface area contributed by atoms with E-state index in [1.54, 1.807) is 6.07 Å². The molecule has 1 saturated heterocycles. The van der Waals surface area contributed by atoms with Gasteiger partial charge in [0.15, 0.2) is 0 Å². The quantitative estimate of drug-likeness (QED) is 0.649. The molecule has 2 N–H and O–H groups in total. The third-order valence-electron chi connectivity index (χ3n) is 4.30. The zero-order chi connectivity index (χ0) is 13.9. The molecule has 1 aliphatic heterocycles. The number of carbonyl (C=O) groups is 2. The number of likely N-dealkylation sites (tertiary alicyclic amines) is 1. The standard InChI is InChI=1S/C14H15FN2O2/c1-14(2)10-11(14)13(19)17(12(10)18)6-7-3-4-8(16)5-9(7)15/h3-5,10-11H,6,16H2,1-2H3. The second-order valence-electron chi connectivity index (χ2n) is 5.89. The van der Waals surface area contributed by atoms with Crippen LogP contribution in [-0.2, 0) is 16.1 Å². The fourth-order valence-corrected chi connectivity index (χ4v) is 3.02. The molecule has 2 atom stereocenters. The van der Waals surface area contributed by atoms with Crippen molar-refractivity contribution in [3.05, 3.63) is 29.6 Å². The largest absolute Gasteiger partial charge is 0.399 e. The Balaban J connectivity index is 1.83. The highest BCUT2D eigenvalue weighted by molar-refractivity contribution is 6.10. The van der Waals surface area contributed by atoms with Gasteiger partial charge in [0.05, 0.1) is 18.4 Å². The molecule has 19 heavy (non-hydrogen) atoms. The van der Waals surface area contributed by atoms with Gasteiger partial charge in [-0.2, -0.15) is 0 Å². The van der Waals surface area contributed by atoms with Gasteiger partial charge in [0.2, 0.25) is 11.8 Å². The van der Waals surface area contributed by atoms with Crippen LogP contribution in [0.25, 0.3) is 0 Å². The van der Waals surface area contributed by atoms with Crippen LogP contribution in [0, 0.1) is 23.1 Å². The van der Waals surface area contributed by atoms with Gasteiger partial charge < -0.3 is 5.73 Å². The van der Waals surface area contributed by atoms with E-state index in [0.29, 0.717) is 11.3 Å². The Labute approximate surface area is 110 Å². The van der Waals surface area contributed by atoms with Gasteiger partial charge in [-0.15, -0.1) is 0 Å². The number of hydrogen-bond acceptors (Lipinski definition) is 3. The number of benzene rings is 1. The lowest BCUT2D eigenvalue weighted by molar-refractivity contribution is -0.143. The number of nitrogen functional groups attached to an aromatic ring is 1. The molecular weight excluding hydrogens is 247 g/mol. The maximum absolute atomic E-state index is 13.7. The smallest absolute Gasteiger partial charge is 0.233 e. The van der Waals surface area contributed by atoms with E-state index >= 15 is 0 Å². The fourth-order valence-electron chi connectivity index (χ4n) is 3.02. The number of anilines is 1. The van der Waals surface area contributed by atoms with Crippen LogP contribution >= 0.6 is 0 Å². The summed E-state index contributed by atoms with van der Waals surface area (Å²) in [6.07, 6.45) is 0. The highest BCUT2D eigenvalue weighted by Gasteiger charge is 2.72. The highest BCUT2D eigenvalue weighted by Crippen LogP contribution is 2.63. The second-order valence-corrected chi connectivity index (χ2v) is 5.89. The summed E-state index contributed by atoms with van der Waals surface area (Å²) in [5, 5.41) is 0. The van der Waals surface area contributed by atoms with Crippen molar-refractivity contribution >= 4 is 17.5 Å². The van der Waals surface area contributed by atoms with E-state index in [-0.39, 0.29) is 35.6 Å². The Morgan fingerprint density at radius 2 is 1.84 bits per heavy atom. The molecule has 1 aliphatic carbocycles. The molecule has 2 aliphatic rings. The van der Waals surface area contributed by atoms with Crippen LogP contribution in [0.15, 0.2) is 18.2 Å². The molecule has 3 rings (SSSR count). The van der Waals surface area contributed by atoms with Crippen LogP contribution in [-0.4, -0.2) is 16.7 Å². The van der Waals surface area contributed by atoms with E-state index in [1.807, 2.05) is 13.8 Å². The van der Waals surface area contributed by atoms with Crippen molar-refractivity contribution in [1.29, 1.82) is 0 Å². The average molecular weight is 262 g/mol. The maximum Gasteiger partial charge on any atom is 0.233 e. The first-order chi connectivity index (χ1) is 8.84. The number of piperidine rings is 1. The van der Waals surface area contributed by atoms with Crippen LogP contribution < -0.4 is 5.73 Å². The second kappa shape index (κ2) is 3.56. The monoisotopic (exact) mass is 262 g/mol. The molecule has 1 aromatic rings. The normalized spacial score (nSPS) is 27.6. The number of carbonyl (C=O) groups excluding carboxylic acids is 2. The minimum atomic E-state index is -0.486. The SMILES string of the molecule is CC1(C)C2C(=O)N(Cc3ccc(N)cc3F)C(=O)C21. The molecule has 0 spiro atoms. The average Bonchev–Trinajstić information content (AvgIpc) is 2.78. The van der Waals surface area contributed by atoms with E-state index in [0.717, 1.165) is 4.90 Å². The molecule has 1 heterocycles. The predicted octanol–water partition coefficient (Wildman–Crippen LogP) is 1.55. The molecule has 5 heteroatoms. The van der Waals surface area contributed by atoms with Gasteiger partial charge in [0, 0.05) is 11.3 Å². The highest BCUT2D eigenvalue weighted by atomic mass is 19.1. The van der Waals surface area contributed by atoms with Gasteiger partial charge in [0.25, 0.3) is 0 Å². The van der Waals surface area contributed by atoms with Crippen molar-refractivity contribution in [3.8, 4) is 0 Å². The molecule has 2 unspecified atom stereocenters. The van der Waals surface area contributed by atoms with Gasteiger partial charge in [-0.3, -0.25) is 14.5 Å². The molecule has 2 fully saturated rings. The number of amides is 2. The molecule has 0 aromatic heterocycles. The first-order valence-electron chi connectivity index (χ1n) is 6.23. The number of hydrogen-bond donors (Lipinski definition) is 1. The van der Waals surface area contributed by atoms with Crippen LogP contribution in [0.3, 0.4) is 0 Å². The van der Waals surface area contributed by atoms with E-state index in [4.69, 9.17) is 5.73 Å². The van der Waals surface area contributed by atoms with Crippen LogP contribution in [0.4, 0.5) is 10.1 Å². The Morgan fingerprint density at radius 3 is 2.37 bits per heavy atom. The minimum Gasteiger partial charge on any atom is -0.399 e. The Morgan fingerprint density at radius 1 is 1.26 bits per heavy atom. The van der Waals surface area contributed by atoms with Crippen molar-refractivity contribution in [2.75, 3.05) is 5.73 Å². The summed E-state index contributed by atoms with van der Waals surface area (Å²) in [5.74, 6) is -1.30. The summed E-state index contributed by atoms with van der Waals surface area (Å²) >= 11 is 0. The third kappa shape index (κ3) is 1.57. The number of nitrogens with zero attached hydrogens (tertiary/aromatic N) is 1. The Hall–Kier alpha value is -1.91. The molecule has 2 amide bonds. The molecule has 0 bridgehead atoms. The van der Waals surface area contributed by atoms with Crippen molar-refractivity contribution in [2.24, 2.45) is 17.3 Å². The van der Waals surface area contributed by atoms with Crippen molar-refractivity contribution in [1.82, 2.24) is 4.90 Å². The van der Waals surface area contributed by atoms with Crippen molar-refractivity contribution in [3.63, 3.8) is 0 Å². The maximum atomic E-state index is 13.7. The molecule has 0 radical (unpaired) electrons. The molecular formula is C14H15FN2O2. The Bertz CT molecular complexity index is 573. The van der Waals surface area contributed by atoms with Gasteiger partial charge in [0.1, 0.15) is 5.82 Å². The predicted molar refractivity (Wildman–Crippen MR) is 67.1 cm³/mol. The van der Waals surface area contributed by atoms with Gasteiger partial charge in [-0.1, -0.05) is 19.9 Å². The van der Waals surface area contributed by atoms with Crippen LogP contribution in [0.2, 0.25) is 0 Å². The topological polar surface area (TPSA) is 63.4 Å². The summed E-state index contributed by atoms with van der Waals surface area (Å²) in [4.78, 5) is 25.4. The lowest BCUT2D eigenvalue weighted by Crippen LogP contribution is -2.35. The minimum absolute atomic E-state index is 0.00708. The molecule has 1 aromatic carbocycles. The van der Waals surface area contributed by atoms with E-state index in [1.165, 1.54) is 12.1 Å². The summed E-state index contributed by atoms with van der Waals surface area (Å²) < 4.78 is 13.7. The lowest BCUT2D eigenvalue weighted by atomic mass is 10.0. The van der Waals surface area contributed by atoms with Gasteiger partial charge >= 0.3 is 0 Å². The number of halogens is 1. The number of rotatable bonds is 2. The van der Waals surface area contributed by atoms with Gasteiger partial charge in [-0.05, 0) is 17.5 Å². The van der Waals surface area contributed by atoms with Gasteiger partial charge in [-0.25, -0.2) is 4.39 Å². The third-order valence-corrected chi connectivity index (χ3v) is 4.30. The molecule has 4 nitrogen and oxygen atoms in total. The zero-order valence-corrected chi connectivity index (χ0v) is 10.8. The fraction of sp³-hybridized carbons (Fsp3) is 0.429. The van der Waals surface area contributed by atoms with Crippen LogP contribution in [0.5, 0.6) is 0 Å².